The van der Waals surface area contributed by atoms with Gasteiger partial charge in [0.15, 0.2) is 0 Å². The lowest BCUT2D eigenvalue weighted by Gasteiger charge is -2.39. The van der Waals surface area contributed by atoms with Crippen LogP contribution in [0.25, 0.3) is 0 Å². The van der Waals surface area contributed by atoms with Crippen LogP contribution in [0.15, 0.2) is 24.3 Å². The zero-order valence-corrected chi connectivity index (χ0v) is 12.1. The summed E-state index contributed by atoms with van der Waals surface area (Å²) in [5.41, 5.74) is 2.56. The first-order valence-corrected chi connectivity index (χ1v) is 7.47. The molecule has 0 saturated heterocycles. The smallest absolute Gasteiger partial charge is 0.0606 e. The quantitative estimate of drug-likeness (QED) is 0.793. The van der Waals surface area contributed by atoms with E-state index in [1.807, 2.05) is 0 Å². The summed E-state index contributed by atoms with van der Waals surface area (Å²) in [6.45, 7) is 6.28. The SMILES string of the molecule is CCNC(C)c1ccc(N(CCO)C2CCC2)cc1. The molecule has 3 heteroatoms. The summed E-state index contributed by atoms with van der Waals surface area (Å²) in [5, 5.41) is 12.7. The molecule has 19 heavy (non-hydrogen) atoms. The lowest BCUT2D eigenvalue weighted by atomic mass is 9.91. The van der Waals surface area contributed by atoms with Gasteiger partial charge in [-0.05, 0) is 50.4 Å². The van der Waals surface area contributed by atoms with Crippen molar-refractivity contribution in [2.45, 2.75) is 45.2 Å². The zero-order valence-electron chi connectivity index (χ0n) is 12.1. The highest BCUT2D eigenvalue weighted by molar-refractivity contribution is 5.49. The van der Waals surface area contributed by atoms with E-state index in [1.165, 1.54) is 30.5 Å². The Bertz CT molecular complexity index is 373. The molecule has 0 amide bonds. The van der Waals surface area contributed by atoms with Crippen LogP contribution in [-0.2, 0) is 0 Å². The molecule has 1 aliphatic carbocycles. The molecular weight excluding hydrogens is 236 g/mol. The molecule has 2 N–H and O–H groups in total. The van der Waals surface area contributed by atoms with Crippen molar-refractivity contribution in [1.82, 2.24) is 5.32 Å². The average Bonchev–Trinajstić information content (AvgIpc) is 2.37. The maximum Gasteiger partial charge on any atom is 0.0606 e. The van der Waals surface area contributed by atoms with Crippen molar-refractivity contribution in [1.29, 1.82) is 0 Å². The second-order valence-corrected chi connectivity index (χ2v) is 5.37. The molecule has 1 atom stereocenters. The zero-order chi connectivity index (χ0) is 13.7. The van der Waals surface area contributed by atoms with Crippen molar-refractivity contribution in [3.63, 3.8) is 0 Å². The molecule has 0 radical (unpaired) electrons. The summed E-state index contributed by atoms with van der Waals surface area (Å²) in [5.74, 6) is 0. The van der Waals surface area contributed by atoms with Gasteiger partial charge in [0.05, 0.1) is 6.61 Å². The fraction of sp³-hybridized carbons (Fsp3) is 0.625. The molecule has 2 rings (SSSR count). The van der Waals surface area contributed by atoms with Gasteiger partial charge in [-0.25, -0.2) is 0 Å². The minimum Gasteiger partial charge on any atom is -0.395 e. The number of aliphatic hydroxyl groups excluding tert-OH is 1. The first kappa shape index (κ1) is 14.4. The molecule has 1 unspecified atom stereocenters. The number of hydrogen-bond acceptors (Lipinski definition) is 3. The third-order valence-corrected chi connectivity index (χ3v) is 4.09. The van der Waals surface area contributed by atoms with Gasteiger partial charge in [0, 0.05) is 24.3 Å². The van der Waals surface area contributed by atoms with Crippen LogP contribution < -0.4 is 10.2 Å². The fourth-order valence-corrected chi connectivity index (χ4v) is 2.71. The Morgan fingerprint density at radius 2 is 2.00 bits per heavy atom. The number of hydrogen-bond donors (Lipinski definition) is 2. The van der Waals surface area contributed by atoms with Gasteiger partial charge in [0.2, 0.25) is 0 Å². The molecule has 1 aromatic rings. The van der Waals surface area contributed by atoms with E-state index in [9.17, 15) is 5.11 Å². The third-order valence-electron chi connectivity index (χ3n) is 4.09. The second kappa shape index (κ2) is 6.92. The van der Waals surface area contributed by atoms with E-state index < -0.39 is 0 Å². The van der Waals surface area contributed by atoms with E-state index in [1.54, 1.807) is 0 Å². The number of benzene rings is 1. The van der Waals surface area contributed by atoms with E-state index in [4.69, 9.17) is 0 Å². The van der Waals surface area contributed by atoms with Crippen LogP contribution in [0.4, 0.5) is 5.69 Å². The van der Waals surface area contributed by atoms with Crippen LogP contribution in [-0.4, -0.2) is 30.8 Å². The molecule has 1 fully saturated rings. The van der Waals surface area contributed by atoms with E-state index in [0.717, 1.165) is 13.1 Å². The maximum atomic E-state index is 9.23. The van der Waals surface area contributed by atoms with Crippen LogP contribution >= 0.6 is 0 Å². The van der Waals surface area contributed by atoms with Gasteiger partial charge < -0.3 is 15.3 Å². The number of anilines is 1. The van der Waals surface area contributed by atoms with Crippen molar-refractivity contribution in [2.24, 2.45) is 0 Å². The van der Waals surface area contributed by atoms with Crippen LogP contribution in [0.5, 0.6) is 0 Å². The van der Waals surface area contributed by atoms with E-state index in [0.29, 0.717) is 12.1 Å². The molecule has 1 aliphatic rings. The summed E-state index contributed by atoms with van der Waals surface area (Å²) in [6.07, 6.45) is 3.84. The highest BCUT2D eigenvalue weighted by atomic mass is 16.3. The second-order valence-electron chi connectivity index (χ2n) is 5.37. The summed E-state index contributed by atoms with van der Waals surface area (Å²) in [4.78, 5) is 2.35. The van der Waals surface area contributed by atoms with E-state index >= 15 is 0 Å². The van der Waals surface area contributed by atoms with Gasteiger partial charge in [-0.3, -0.25) is 0 Å². The number of rotatable bonds is 7. The summed E-state index contributed by atoms with van der Waals surface area (Å²) in [6, 6.07) is 9.81. The van der Waals surface area contributed by atoms with Gasteiger partial charge in [-0.15, -0.1) is 0 Å². The number of nitrogens with one attached hydrogen (secondary N) is 1. The van der Waals surface area contributed by atoms with Crippen LogP contribution in [0.2, 0.25) is 0 Å². The molecule has 0 bridgehead atoms. The minimum absolute atomic E-state index is 0.228. The third kappa shape index (κ3) is 3.48. The lowest BCUT2D eigenvalue weighted by molar-refractivity contribution is 0.283. The Morgan fingerprint density at radius 3 is 2.47 bits per heavy atom. The first-order chi connectivity index (χ1) is 9.26. The Labute approximate surface area is 116 Å². The predicted octanol–water partition coefficient (Wildman–Crippen LogP) is 2.71. The Morgan fingerprint density at radius 1 is 1.32 bits per heavy atom. The predicted molar refractivity (Wildman–Crippen MR) is 80.6 cm³/mol. The molecule has 1 aromatic carbocycles. The van der Waals surface area contributed by atoms with Crippen molar-refractivity contribution >= 4 is 5.69 Å². The maximum absolute atomic E-state index is 9.23. The lowest BCUT2D eigenvalue weighted by Crippen LogP contribution is -2.41. The summed E-state index contributed by atoms with van der Waals surface area (Å²) in [7, 11) is 0. The fourth-order valence-electron chi connectivity index (χ4n) is 2.71. The van der Waals surface area contributed by atoms with Gasteiger partial charge in [-0.2, -0.15) is 0 Å². The van der Waals surface area contributed by atoms with Gasteiger partial charge >= 0.3 is 0 Å². The molecule has 3 nitrogen and oxygen atoms in total. The molecule has 0 spiro atoms. The standard InChI is InChI=1S/C16H26N2O/c1-3-17-13(2)14-7-9-16(10-8-14)18(11-12-19)15-5-4-6-15/h7-10,13,15,17,19H,3-6,11-12H2,1-2H3. The normalized spacial score (nSPS) is 17.0. The van der Waals surface area contributed by atoms with Crippen LogP contribution in [0.1, 0.15) is 44.7 Å². The Kier molecular flexibility index (Phi) is 5.23. The first-order valence-electron chi connectivity index (χ1n) is 7.47. The van der Waals surface area contributed by atoms with Gasteiger partial charge in [0.1, 0.15) is 0 Å². The Balaban J connectivity index is 2.06. The minimum atomic E-state index is 0.228. The molecule has 1 saturated carbocycles. The van der Waals surface area contributed by atoms with E-state index in [-0.39, 0.29) is 6.61 Å². The van der Waals surface area contributed by atoms with Gasteiger partial charge in [-0.1, -0.05) is 19.1 Å². The number of nitrogens with zero attached hydrogens (tertiary/aromatic N) is 1. The van der Waals surface area contributed by atoms with Crippen molar-refractivity contribution in [3.05, 3.63) is 29.8 Å². The highest BCUT2D eigenvalue weighted by Crippen LogP contribution is 2.30. The van der Waals surface area contributed by atoms with Crippen molar-refractivity contribution < 1.29 is 5.11 Å². The van der Waals surface area contributed by atoms with E-state index in [2.05, 4.69) is 48.3 Å². The topological polar surface area (TPSA) is 35.5 Å². The number of aliphatic hydroxyl groups is 1. The average molecular weight is 262 g/mol. The van der Waals surface area contributed by atoms with Crippen LogP contribution in [0.3, 0.4) is 0 Å². The van der Waals surface area contributed by atoms with Gasteiger partial charge in [0.25, 0.3) is 0 Å². The summed E-state index contributed by atoms with van der Waals surface area (Å²) >= 11 is 0. The van der Waals surface area contributed by atoms with Crippen LogP contribution in [0, 0.1) is 0 Å². The molecular formula is C16H26N2O. The molecule has 106 valence electrons. The summed E-state index contributed by atoms with van der Waals surface area (Å²) < 4.78 is 0. The highest BCUT2D eigenvalue weighted by Gasteiger charge is 2.24. The van der Waals surface area contributed by atoms with Crippen molar-refractivity contribution in [3.8, 4) is 0 Å². The molecule has 0 aliphatic heterocycles. The Hall–Kier alpha value is -1.06. The monoisotopic (exact) mass is 262 g/mol. The van der Waals surface area contributed by atoms with Crippen molar-refractivity contribution in [2.75, 3.05) is 24.6 Å². The largest absolute Gasteiger partial charge is 0.395 e. The molecule has 0 heterocycles. The molecule has 0 aromatic heterocycles.